The number of halogens is 7. The van der Waals surface area contributed by atoms with E-state index in [1.165, 1.54) is 0 Å². The van der Waals surface area contributed by atoms with E-state index in [0.717, 1.165) is 0 Å². The van der Waals surface area contributed by atoms with Crippen molar-refractivity contribution in [1.82, 2.24) is 0 Å². The van der Waals surface area contributed by atoms with E-state index < -0.39 is 46.6 Å². The van der Waals surface area contributed by atoms with E-state index in [9.17, 15) is 26.7 Å². The monoisotopic (exact) mass is 380 g/mol. The molecule has 3 atom stereocenters. The fourth-order valence-corrected chi connectivity index (χ4v) is 3.58. The summed E-state index contributed by atoms with van der Waals surface area (Å²) in [6.45, 7) is 3.52. The molecule has 3 fully saturated rings. The van der Waals surface area contributed by atoms with Crippen LogP contribution < -0.4 is 0 Å². The highest BCUT2D eigenvalue weighted by Gasteiger charge is 2.67. The molecule has 132 valence electrons. The van der Waals surface area contributed by atoms with E-state index in [1.807, 2.05) is 0 Å². The molecule has 3 aliphatic rings. The number of fused-ring (bicyclic) bond motifs is 3. The number of ketones is 1. The van der Waals surface area contributed by atoms with Crippen LogP contribution in [0.25, 0.3) is 0 Å². The van der Waals surface area contributed by atoms with Crippen LogP contribution in [0.1, 0.15) is 32.1 Å². The molecule has 2 nitrogen and oxygen atoms in total. The highest BCUT2D eigenvalue weighted by Crippen LogP contribution is 2.55. The standard InChI is InChI=1S/C14H15Cl2F5O2/c1-2-5-12(15,16)11(22)10-7-3-4-9(23-10)8(6-7)13(17,18)14(19,20)21/h7-9H,1-6H2. The topological polar surface area (TPSA) is 26.3 Å². The number of Topliss-reactive ketones (excluding diaryl/α,β-unsaturated/α-hetero) is 1. The molecular formula is C14H15Cl2F5O2. The van der Waals surface area contributed by atoms with Crippen LogP contribution in [0.15, 0.2) is 0 Å². The Kier molecular flexibility index (Phi) is 5.26. The third kappa shape index (κ3) is 3.47. The predicted molar refractivity (Wildman–Crippen MR) is 74.0 cm³/mol. The highest BCUT2D eigenvalue weighted by molar-refractivity contribution is 6.59. The first-order chi connectivity index (χ1) is 10.4. The molecule has 2 aliphatic heterocycles. The van der Waals surface area contributed by atoms with Crippen LogP contribution in [0.3, 0.4) is 0 Å². The van der Waals surface area contributed by atoms with E-state index in [1.54, 1.807) is 0 Å². The van der Waals surface area contributed by atoms with Crippen LogP contribution in [0.4, 0.5) is 22.0 Å². The van der Waals surface area contributed by atoms with Gasteiger partial charge in [0.25, 0.3) is 0 Å². The Balaban J connectivity index is 2.16. The van der Waals surface area contributed by atoms with E-state index in [4.69, 9.17) is 27.9 Å². The van der Waals surface area contributed by atoms with Gasteiger partial charge in [-0.1, -0.05) is 30.1 Å². The van der Waals surface area contributed by atoms with Gasteiger partial charge in [-0.3, -0.25) is 4.79 Å². The molecule has 0 aromatic heterocycles. The van der Waals surface area contributed by atoms with E-state index in [0.29, 0.717) is 6.42 Å². The molecule has 2 saturated heterocycles. The summed E-state index contributed by atoms with van der Waals surface area (Å²) in [5.41, 5.74) is 0. The maximum Gasteiger partial charge on any atom is 0.453 e. The molecule has 0 N–H and O–H groups in total. The Morgan fingerprint density at radius 2 is 1.83 bits per heavy atom. The summed E-state index contributed by atoms with van der Waals surface area (Å²) < 4.78 is 68.2. The van der Waals surface area contributed by atoms with Crippen LogP contribution in [0.5, 0.6) is 0 Å². The molecule has 9 heteroatoms. The number of ether oxygens (including phenoxy) is 1. The van der Waals surface area contributed by atoms with Gasteiger partial charge in [0.2, 0.25) is 5.78 Å². The van der Waals surface area contributed by atoms with Gasteiger partial charge in [0.15, 0.2) is 10.4 Å². The van der Waals surface area contributed by atoms with Gasteiger partial charge in [0.05, 0.1) is 12.0 Å². The fourth-order valence-electron chi connectivity index (χ4n) is 3.13. The number of hydrogen-bond acceptors (Lipinski definition) is 2. The zero-order valence-electron chi connectivity index (χ0n) is 11.9. The average Bonchev–Trinajstić information content (AvgIpc) is 2.45. The van der Waals surface area contributed by atoms with Crippen LogP contribution in [-0.4, -0.2) is 28.3 Å². The van der Waals surface area contributed by atoms with E-state index >= 15 is 0 Å². The van der Waals surface area contributed by atoms with Gasteiger partial charge in [-0.05, 0) is 38.0 Å². The lowest BCUT2D eigenvalue weighted by molar-refractivity contribution is -0.325. The summed E-state index contributed by atoms with van der Waals surface area (Å²) in [4.78, 5) is 12.3. The zero-order chi connectivity index (χ0) is 17.6. The number of rotatable bonds is 5. The lowest BCUT2D eigenvalue weighted by Crippen LogP contribution is -2.57. The van der Waals surface area contributed by atoms with Crippen LogP contribution in [0.2, 0.25) is 0 Å². The zero-order valence-corrected chi connectivity index (χ0v) is 13.4. The van der Waals surface area contributed by atoms with Gasteiger partial charge in [0.1, 0.15) is 0 Å². The largest absolute Gasteiger partial charge is 0.453 e. The Bertz CT molecular complexity index is 467. The Labute approximate surface area is 140 Å². The van der Waals surface area contributed by atoms with Crippen molar-refractivity contribution in [3.05, 3.63) is 13.0 Å². The van der Waals surface area contributed by atoms with Gasteiger partial charge < -0.3 is 4.74 Å². The molecule has 0 amide bonds. The quantitative estimate of drug-likeness (QED) is 0.501. The van der Waals surface area contributed by atoms with Crippen molar-refractivity contribution >= 4 is 29.0 Å². The first-order valence-electron chi connectivity index (χ1n) is 7.11. The van der Waals surface area contributed by atoms with E-state index in [2.05, 4.69) is 6.92 Å². The smallest absolute Gasteiger partial charge is 0.359 e. The van der Waals surface area contributed by atoms with Gasteiger partial charge in [-0.15, -0.1) is 0 Å². The minimum atomic E-state index is -5.65. The fraction of sp³-hybridized carbons (Fsp3) is 0.786. The summed E-state index contributed by atoms with van der Waals surface area (Å²) in [5, 5.41) is 0. The number of carbonyl (C=O) groups excluding carboxylic acids is 1. The SMILES string of the molecule is [CH2]CCC(Cl)(Cl)C(=O)[C]1OC2CCC1CC2C(F)(F)C(F)(F)F. The molecule has 2 heterocycles. The molecule has 23 heavy (non-hydrogen) atoms. The van der Waals surface area contributed by atoms with Crippen molar-refractivity contribution in [2.75, 3.05) is 0 Å². The lowest BCUT2D eigenvalue weighted by Gasteiger charge is -2.48. The van der Waals surface area contributed by atoms with Crippen LogP contribution >= 0.6 is 23.2 Å². The summed E-state index contributed by atoms with van der Waals surface area (Å²) in [7, 11) is 0. The molecular weight excluding hydrogens is 366 g/mol. The first kappa shape index (κ1) is 19.2. The van der Waals surface area contributed by atoms with Crippen LogP contribution in [-0.2, 0) is 9.53 Å². The minimum Gasteiger partial charge on any atom is -0.359 e. The summed E-state index contributed by atoms with van der Waals surface area (Å²) >= 11 is 11.8. The van der Waals surface area contributed by atoms with Crippen molar-refractivity contribution in [3.8, 4) is 0 Å². The second kappa shape index (κ2) is 6.30. The van der Waals surface area contributed by atoms with Crippen molar-refractivity contribution in [3.63, 3.8) is 0 Å². The summed E-state index contributed by atoms with van der Waals surface area (Å²) in [5.74, 6) is -8.47. The number of hydrogen-bond donors (Lipinski definition) is 0. The molecule has 3 rings (SSSR count). The number of alkyl halides is 7. The molecule has 2 radical (unpaired) electrons. The van der Waals surface area contributed by atoms with Gasteiger partial charge in [-0.25, -0.2) is 0 Å². The second-order valence-electron chi connectivity index (χ2n) is 5.89. The first-order valence-corrected chi connectivity index (χ1v) is 7.87. The molecule has 3 unspecified atom stereocenters. The Morgan fingerprint density at radius 3 is 2.26 bits per heavy atom. The predicted octanol–water partition coefficient (Wildman–Crippen LogP) is 4.89. The molecule has 1 saturated carbocycles. The van der Waals surface area contributed by atoms with Gasteiger partial charge in [-0.2, -0.15) is 22.0 Å². The van der Waals surface area contributed by atoms with Gasteiger partial charge in [0, 0.05) is 0 Å². The van der Waals surface area contributed by atoms with Crippen molar-refractivity contribution in [1.29, 1.82) is 0 Å². The molecule has 0 spiro atoms. The average molecular weight is 381 g/mol. The number of carbonyl (C=O) groups is 1. The maximum atomic E-state index is 13.6. The Morgan fingerprint density at radius 1 is 1.22 bits per heavy atom. The minimum absolute atomic E-state index is 0.0291. The van der Waals surface area contributed by atoms with Crippen molar-refractivity contribution < 1.29 is 31.5 Å². The summed E-state index contributed by atoms with van der Waals surface area (Å²) in [6.07, 6.45) is -7.08. The van der Waals surface area contributed by atoms with Gasteiger partial charge >= 0.3 is 12.1 Å². The normalized spacial score (nSPS) is 29.8. The van der Waals surface area contributed by atoms with Crippen molar-refractivity contribution in [2.45, 2.75) is 54.6 Å². The van der Waals surface area contributed by atoms with Crippen molar-refractivity contribution in [2.24, 2.45) is 11.8 Å². The second-order valence-corrected chi connectivity index (χ2v) is 7.38. The summed E-state index contributed by atoms with van der Waals surface area (Å²) in [6, 6.07) is 0. The molecule has 0 aromatic rings. The van der Waals surface area contributed by atoms with E-state index in [-0.39, 0.29) is 25.4 Å². The third-order valence-electron chi connectivity index (χ3n) is 4.33. The Hall–Kier alpha value is -0.140. The lowest BCUT2D eigenvalue weighted by atomic mass is 9.70. The van der Waals surface area contributed by atoms with Crippen LogP contribution in [0, 0.1) is 24.9 Å². The molecule has 2 bridgehead atoms. The third-order valence-corrected chi connectivity index (χ3v) is 5.05. The molecule has 1 aliphatic carbocycles. The molecule has 0 aromatic carbocycles. The highest BCUT2D eigenvalue weighted by atomic mass is 35.5. The maximum absolute atomic E-state index is 13.6.